The van der Waals surface area contributed by atoms with E-state index in [9.17, 15) is 18.8 Å². The van der Waals surface area contributed by atoms with E-state index in [-0.39, 0.29) is 31.0 Å². The van der Waals surface area contributed by atoms with Crippen molar-refractivity contribution < 1.29 is 27.8 Å². The van der Waals surface area contributed by atoms with Gasteiger partial charge in [0.2, 0.25) is 5.95 Å². The fourth-order valence-electron chi connectivity index (χ4n) is 4.28. The van der Waals surface area contributed by atoms with Crippen LogP contribution >= 0.6 is 0 Å². The maximum atomic E-state index is 12.7. The molecule has 1 fully saturated rings. The zero-order valence-electron chi connectivity index (χ0n) is 22.5. The van der Waals surface area contributed by atoms with Gasteiger partial charge in [0.1, 0.15) is 30.0 Å². The molecule has 1 N–H and O–H groups in total. The Balaban J connectivity index is 1.25. The second-order valence-corrected chi connectivity index (χ2v) is 9.35. The molecule has 1 aliphatic heterocycles. The number of nitrogens with zero attached hydrogens (tertiary/aromatic N) is 8. The van der Waals surface area contributed by atoms with E-state index in [0.29, 0.717) is 40.4 Å². The molecule has 5 rings (SSSR count). The van der Waals surface area contributed by atoms with E-state index in [1.54, 1.807) is 48.8 Å². The van der Waals surface area contributed by atoms with Gasteiger partial charge in [-0.2, -0.15) is 14.0 Å². The molecule has 1 saturated heterocycles. The predicted molar refractivity (Wildman–Crippen MR) is 143 cm³/mol. The first-order valence-electron chi connectivity index (χ1n) is 12.7. The highest BCUT2D eigenvalue weighted by molar-refractivity contribution is 5.96. The number of alkyl halides is 2. The van der Waals surface area contributed by atoms with Crippen LogP contribution in [0.3, 0.4) is 0 Å². The van der Waals surface area contributed by atoms with Crippen LogP contribution in [0, 0.1) is 11.3 Å². The maximum Gasteiger partial charge on any atom is 0.345 e. The van der Waals surface area contributed by atoms with E-state index in [4.69, 9.17) is 9.47 Å². The van der Waals surface area contributed by atoms with E-state index >= 15 is 0 Å². The summed E-state index contributed by atoms with van der Waals surface area (Å²) in [5.74, 6) is 0.753. The van der Waals surface area contributed by atoms with Gasteiger partial charge < -0.3 is 24.4 Å². The highest BCUT2D eigenvalue weighted by atomic mass is 19.3. The maximum absolute atomic E-state index is 12.7. The van der Waals surface area contributed by atoms with Crippen LogP contribution in [-0.4, -0.2) is 80.0 Å². The highest BCUT2D eigenvalue weighted by Crippen LogP contribution is 2.31. The molecule has 15 heteroatoms. The van der Waals surface area contributed by atoms with Gasteiger partial charge in [0.15, 0.2) is 0 Å². The predicted octanol–water partition coefficient (Wildman–Crippen LogP) is 3.29. The number of hydrogen-bond donors (Lipinski definition) is 1. The summed E-state index contributed by atoms with van der Waals surface area (Å²) in [5, 5.41) is 23.6. The van der Waals surface area contributed by atoms with Crippen molar-refractivity contribution in [2.45, 2.75) is 32.3 Å². The molecule has 3 heterocycles. The summed E-state index contributed by atoms with van der Waals surface area (Å²) in [7, 11) is 1.46. The molecule has 0 spiro atoms. The van der Waals surface area contributed by atoms with Crippen LogP contribution in [0.25, 0.3) is 11.1 Å². The van der Waals surface area contributed by atoms with Gasteiger partial charge in [0.25, 0.3) is 5.91 Å². The largest absolute Gasteiger partial charge is 0.495 e. The van der Waals surface area contributed by atoms with Crippen LogP contribution in [0.4, 0.5) is 20.4 Å². The second kappa shape index (κ2) is 12.5. The Morgan fingerprint density at radius 2 is 1.93 bits per heavy atom. The molecule has 42 heavy (non-hydrogen) atoms. The minimum absolute atomic E-state index is 0.0955. The quantitative estimate of drug-likeness (QED) is 0.279. The monoisotopic (exact) mass is 577 g/mol. The Kier molecular flexibility index (Phi) is 8.44. The fourth-order valence-corrected chi connectivity index (χ4v) is 4.28. The molecular weight excluding hydrogens is 552 g/mol. The molecule has 13 nitrogen and oxygen atoms in total. The zero-order chi connectivity index (χ0) is 29.6. The number of hydrogen-bond acceptors (Lipinski definition) is 11. The minimum atomic E-state index is -2.87. The number of benzene rings is 2. The van der Waals surface area contributed by atoms with Gasteiger partial charge in [-0.15, -0.1) is 5.10 Å². The Bertz CT molecular complexity index is 1570. The number of amides is 1. The van der Waals surface area contributed by atoms with Crippen molar-refractivity contribution in [2.24, 2.45) is 0 Å². The lowest BCUT2D eigenvalue weighted by Crippen LogP contribution is -2.55. The molecule has 1 amide bonds. The number of likely N-dealkylation sites (tertiary alicyclic amines) is 1. The molecule has 0 bridgehead atoms. The first-order chi connectivity index (χ1) is 20.3. The summed E-state index contributed by atoms with van der Waals surface area (Å²) in [5.41, 5.74) is 2.69. The third kappa shape index (κ3) is 6.56. The van der Waals surface area contributed by atoms with Crippen molar-refractivity contribution in [3.8, 4) is 28.7 Å². The summed E-state index contributed by atoms with van der Waals surface area (Å²) < 4.78 is 42.1. The van der Waals surface area contributed by atoms with Gasteiger partial charge in [0, 0.05) is 36.6 Å². The van der Waals surface area contributed by atoms with Crippen LogP contribution in [0.2, 0.25) is 0 Å². The van der Waals surface area contributed by atoms with Gasteiger partial charge in [-0.1, -0.05) is 6.07 Å². The molecule has 2 aromatic carbocycles. The van der Waals surface area contributed by atoms with Crippen LogP contribution in [-0.2, 0) is 11.3 Å². The molecular formula is C27H25F2N9O4. The molecule has 4 aromatic rings. The lowest BCUT2D eigenvalue weighted by atomic mass is 10.1. The molecule has 216 valence electrons. The molecule has 0 unspecified atom stereocenters. The number of nitrogens with one attached hydrogen (secondary N) is 1. The van der Waals surface area contributed by atoms with Crippen LogP contribution in [0.5, 0.6) is 11.5 Å². The number of tetrazole rings is 1. The van der Waals surface area contributed by atoms with Crippen LogP contribution in [0.1, 0.15) is 22.8 Å². The second-order valence-electron chi connectivity index (χ2n) is 9.35. The van der Waals surface area contributed by atoms with Crippen molar-refractivity contribution in [3.63, 3.8) is 0 Å². The molecule has 1 atom stereocenters. The lowest BCUT2D eigenvalue weighted by Gasteiger charge is -2.38. The van der Waals surface area contributed by atoms with Gasteiger partial charge in [-0.05, 0) is 53.2 Å². The third-order valence-electron chi connectivity index (χ3n) is 6.38. The number of ether oxygens (including phenoxy) is 3. The Morgan fingerprint density at radius 3 is 2.60 bits per heavy atom. The van der Waals surface area contributed by atoms with Crippen molar-refractivity contribution >= 4 is 17.5 Å². The van der Waals surface area contributed by atoms with Gasteiger partial charge in [-0.3, -0.25) is 4.79 Å². The molecule has 1 aliphatic rings. The van der Waals surface area contributed by atoms with Gasteiger partial charge in [0.05, 0.1) is 31.0 Å². The Morgan fingerprint density at radius 1 is 1.14 bits per heavy atom. The van der Waals surface area contributed by atoms with Crippen molar-refractivity contribution in [2.75, 3.05) is 25.5 Å². The number of carbonyl (C=O) groups is 1. The van der Waals surface area contributed by atoms with Crippen LogP contribution < -0.4 is 14.8 Å². The topological polar surface area (TPSA) is 153 Å². The summed E-state index contributed by atoms with van der Waals surface area (Å²) >= 11 is 0. The number of aromatic nitrogens is 6. The summed E-state index contributed by atoms with van der Waals surface area (Å²) in [6.07, 6.45) is 3.75. The number of carbonyl (C=O) groups excluding carboxylic acids is 1. The number of anilines is 2. The normalized spacial score (nSPS) is 13.8. The fraction of sp³-hybridized carbons (Fsp3) is 0.296. The van der Waals surface area contributed by atoms with E-state index in [1.165, 1.54) is 23.0 Å². The smallest absolute Gasteiger partial charge is 0.345 e. The van der Waals surface area contributed by atoms with E-state index < -0.39 is 12.7 Å². The van der Waals surface area contributed by atoms with Crippen LogP contribution in [0.15, 0.2) is 55.1 Å². The number of nitriles is 1. The Hall–Kier alpha value is -5.23. The van der Waals surface area contributed by atoms with E-state index in [0.717, 1.165) is 5.56 Å². The molecule has 0 aliphatic carbocycles. The van der Waals surface area contributed by atoms with Crippen molar-refractivity contribution in [3.05, 3.63) is 66.2 Å². The minimum Gasteiger partial charge on any atom is -0.495 e. The zero-order valence-corrected chi connectivity index (χ0v) is 22.5. The first kappa shape index (κ1) is 28.3. The first-order valence-corrected chi connectivity index (χ1v) is 12.7. The summed E-state index contributed by atoms with van der Waals surface area (Å²) in [6, 6.07) is 12.1. The van der Waals surface area contributed by atoms with Crippen molar-refractivity contribution in [1.82, 2.24) is 35.1 Å². The number of rotatable bonds is 11. The standard InChI is InChI=1S/C27H25F2N9O4/c1-16(12-38-15-33-35-36-38)41-23-7-17(3-4-19(23)9-30)20-10-31-27(32-11-20)34-22-6-5-18(8-24(22)40-2)25(39)37-13-21(14-37)42-26(28)29/h3-8,10-11,15-16,21,26H,12-14H2,1-2H3,(H,31,32,34)/t16-/m0/s1. The average Bonchev–Trinajstić information content (AvgIpc) is 3.47. The number of halogens is 2. The molecule has 0 saturated carbocycles. The summed E-state index contributed by atoms with van der Waals surface area (Å²) in [6.45, 7) is -0.425. The number of methoxy groups -OCH3 is 1. The molecule has 2 aromatic heterocycles. The average molecular weight is 578 g/mol. The van der Waals surface area contributed by atoms with Gasteiger partial charge in [-0.25, -0.2) is 14.6 Å². The van der Waals surface area contributed by atoms with Crippen molar-refractivity contribution in [1.29, 1.82) is 5.26 Å². The highest BCUT2D eigenvalue weighted by Gasteiger charge is 2.34. The lowest BCUT2D eigenvalue weighted by molar-refractivity contribution is -0.189. The van der Waals surface area contributed by atoms with E-state index in [2.05, 4.69) is 41.6 Å². The van der Waals surface area contributed by atoms with Gasteiger partial charge >= 0.3 is 6.61 Å². The SMILES string of the molecule is COc1cc(C(=O)N2CC(OC(F)F)C2)ccc1Nc1ncc(-c2ccc(C#N)c(O[C@@H](C)Cn3cnnn3)c2)cn1. The third-order valence-corrected chi connectivity index (χ3v) is 6.38. The van der Waals surface area contributed by atoms with E-state index in [1.807, 2.05) is 6.92 Å². The Labute approximate surface area is 238 Å². The summed E-state index contributed by atoms with van der Waals surface area (Å²) in [4.78, 5) is 22.9. The molecule has 0 radical (unpaired) electrons.